The number of rotatable bonds is 19. The Labute approximate surface area is 149 Å². The summed E-state index contributed by atoms with van der Waals surface area (Å²) in [6.45, 7) is 0.492. The number of primary amides is 1. The van der Waals surface area contributed by atoms with Gasteiger partial charge in [0.2, 0.25) is 5.91 Å². The van der Waals surface area contributed by atoms with E-state index in [1.807, 2.05) is 0 Å². The molecule has 0 saturated heterocycles. The Morgan fingerprint density at radius 2 is 1.00 bits per heavy atom. The first-order valence-corrected chi connectivity index (χ1v) is 10.2. The Balaban J connectivity index is 3.18. The van der Waals surface area contributed by atoms with Crippen LogP contribution in [0.5, 0.6) is 0 Å². The zero-order chi connectivity index (χ0) is 17.9. The Morgan fingerprint density at radius 1 is 0.625 bits per heavy atom. The van der Waals surface area contributed by atoms with Crippen LogP contribution in [0.1, 0.15) is 103 Å². The van der Waals surface area contributed by atoms with Crippen LogP contribution < -0.4 is 5.73 Å². The van der Waals surface area contributed by atoms with Crippen LogP contribution in [0.25, 0.3) is 0 Å². The first-order chi connectivity index (χ1) is 11.7. The molecule has 0 spiro atoms. The van der Waals surface area contributed by atoms with Gasteiger partial charge in [-0.1, -0.05) is 77.0 Å². The summed E-state index contributed by atoms with van der Waals surface area (Å²) in [6.07, 6.45) is 18.5. The lowest BCUT2D eigenvalue weighted by Crippen LogP contribution is -2.09. The van der Waals surface area contributed by atoms with Gasteiger partial charge in [0.25, 0.3) is 0 Å². The van der Waals surface area contributed by atoms with Crippen molar-refractivity contribution in [3.8, 4) is 0 Å². The van der Waals surface area contributed by atoms with E-state index in [2.05, 4.69) is 0 Å². The largest absolute Gasteiger partial charge is 0.396 e. The second-order valence-electron chi connectivity index (χ2n) is 7.14. The molecule has 0 aromatic heterocycles. The molecule has 0 aliphatic heterocycles. The van der Waals surface area contributed by atoms with E-state index in [4.69, 9.17) is 15.9 Å². The molecule has 0 aliphatic carbocycles. The standard InChI is InChI=1S/C20H41NO3/c21-20(24)14-12-10-8-6-4-2-1-3-5-7-9-11-13-19(15-17-22)16-18-23/h19,22-23H,1-18H2,(H2,21,24). The highest BCUT2D eigenvalue weighted by Gasteiger charge is 2.06. The van der Waals surface area contributed by atoms with E-state index in [0.717, 1.165) is 32.1 Å². The molecular formula is C20H41NO3. The van der Waals surface area contributed by atoms with Crippen molar-refractivity contribution in [2.24, 2.45) is 11.7 Å². The Hall–Kier alpha value is -0.610. The quantitative estimate of drug-likeness (QED) is 0.305. The van der Waals surface area contributed by atoms with E-state index in [-0.39, 0.29) is 19.1 Å². The number of carbonyl (C=O) groups excluding carboxylic acids is 1. The van der Waals surface area contributed by atoms with Crippen molar-refractivity contribution in [2.45, 2.75) is 103 Å². The third-order valence-corrected chi connectivity index (χ3v) is 4.86. The van der Waals surface area contributed by atoms with E-state index in [0.29, 0.717) is 12.3 Å². The molecule has 144 valence electrons. The lowest BCUT2D eigenvalue weighted by atomic mass is 9.94. The molecule has 24 heavy (non-hydrogen) atoms. The molecule has 0 aromatic rings. The van der Waals surface area contributed by atoms with Gasteiger partial charge in [0, 0.05) is 19.6 Å². The van der Waals surface area contributed by atoms with Crippen LogP contribution >= 0.6 is 0 Å². The molecular weight excluding hydrogens is 302 g/mol. The fourth-order valence-electron chi connectivity index (χ4n) is 3.30. The van der Waals surface area contributed by atoms with Gasteiger partial charge < -0.3 is 15.9 Å². The number of aliphatic hydroxyl groups is 2. The van der Waals surface area contributed by atoms with Gasteiger partial charge >= 0.3 is 0 Å². The molecule has 0 aromatic carbocycles. The average Bonchev–Trinajstić information content (AvgIpc) is 2.55. The van der Waals surface area contributed by atoms with Crippen molar-refractivity contribution in [1.29, 1.82) is 0 Å². The minimum absolute atomic E-state index is 0.174. The maximum absolute atomic E-state index is 10.6. The molecule has 0 radical (unpaired) electrons. The minimum Gasteiger partial charge on any atom is -0.396 e. The molecule has 4 N–H and O–H groups in total. The van der Waals surface area contributed by atoms with Gasteiger partial charge in [0.1, 0.15) is 0 Å². The van der Waals surface area contributed by atoms with Crippen molar-refractivity contribution >= 4 is 5.91 Å². The van der Waals surface area contributed by atoms with Gasteiger partial charge in [-0.05, 0) is 25.2 Å². The van der Waals surface area contributed by atoms with Crippen LogP contribution in [0.4, 0.5) is 0 Å². The fourth-order valence-corrected chi connectivity index (χ4v) is 3.30. The third kappa shape index (κ3) is 17.7. The molecule has 1 amide bonds. The second-order valence-corrected chi connectivity index (χ2v) is 7.14. The monoisotopic (exact) mass is 343 g/mol. The van der Waals surface area contributed by atoms with Crippen LogP contribution in [-0.4, -0.2) is 29.3 Å². The maximum atomic E-state index is 10.6. The zero-order valence-corrected chi connectivity index (χ0v) is 15.7. The molecule has 0 bridgehead atoms. The zero-order valence-electron chi connectivity index (χ0n) is 15.7. The number of hydrogen-bond donors (Lipinski definition) is 3. The van der Waals surface area contributed by atoms with Crippen molar-refractivity contribution < 1.29 is 15.0 Å². The minimum atomic E-state index is -0.174. The first kappa shape index (κ1) is 23.4. The summed E-state index contributed by atoms with van der Waals surface area (Å²) in [5.74, 6) is 0.329. The smallest absolute Gasteiger partial charge is 0.217 e. The van der Waals surface area contributed by atoms with Crippen LogP contribution in [0.2, 0.25) is 0 Å². The normalized spacial score (nSPS) is 11.3. The highest BCUT2D eigenvalue weighted by atomic mass is 16.3. The predicted molar refractivity (Wildman–Crippen MR) is 101 cm³/mol. The number of hydrogen-bond acceptors (Lipinski definition) is 3. The van der Waals surface area contributed by atoms with E-state index in [9.17, 15) is 4.79 Å². The van der Waals surface area contributed by atoms with Gasteiger partial charge in [0.15, 0.2) is 0 Å². The Kier molecular flexibility index (Phi) is 18.2. The SMILES string of the molecule is NC(=O)CCCCCCCCCCCCCCC(CCO)CCO. The number of aliphatic hydroxyl groups excluding tert-OH is 2. The van der Waals surface area contributed by atoms with Gasteiger partial charge in [-0.15, -0.1) is 0 Å². The highest BCUT2D eigenvalue weighted by molar-refractivity contribution is 5.73. The van der Waals surface area contributed by atoms with Gasteiger partial charge in [-0.2, -0.15) is 0 Å². The number of unbranched alkanes of at least 4 members (excludes halogenated alkanes) is 11. The fraction of sp³-hybridized carbons (Fsp3) is 0.950. The lowest BCUT2D eigenvalue weighted by molar-refractivity contribution is -0.118. The average molecular weight is 344 g/mol. The molecule has 4 heteroatoms. The number of amides is 1. The summed E-state index contributed by atoms with van der Waals surface area (Å²) in [5.41, 5.74) is 5.11. The van der Waals surface area contributed by atoms with Gasteiger partial charge in [-0.3, -0.25) is 4.79 Å². The van der Waals surface area contributed by atoms with E-state index in [1.54, 1.807) is 0 Å². The number of nitrogens with two attached hydrogens (primary N) is 1. The second kappa shape index (κ2) is 18.7. The summed E-state index contributed by atoms with van der Waals surface area (Å²) in [4.78, 5) is 10.6. The molecule has 0 fully saturated rings. The Morgan fingerprint density at radius 3 is 1.38 bits per heavy atom. The van der Waals surface area contributed by atoms with Crippen molar-refractivity contribution in [1.82, 2.24) is 0 Å². The molecule has 0 saturated carbocycles. The Bertz CT molecular complexity index is 266. The molecule has 0 aliphatic rings. The van der Waals surface area contributed by atoms with Crippen LogP contribution in [-0.2, 0) is 4.79 Å². The van der Waals surface area contributed by atoms with E-state index < -0.39 is 0 Å². The lowest BCUT2D eigenvalue weighted by Gasteiger charge is -2.13. The topological polar surface area (TPSA) is 83.6 Å². The number of carbonyl (C=O) groups is 1. The summed E-state index contributed by atoms with van der Waals surface area (Å²) < 4.78 is 0. The molecule has 4 nitrogen and oxygen atoms in total. The summed E-state index contributed by atoms with van der Waals surface area (Å²) in [7, 11) is 0. The summed E-state index contributed by atoms with van der Waals surface area (Å²) in [5, 5.41) is 18.0. The van der Waals surface area contributed by atoms with Crippen molar-refractivity contribution in [3.05, 3.63) is 0 Å². The van der Waals surface area contributed by atoms with Crippen molar-refractivity contribution in [3.63, 3.8) is 0 Å². The van der Waals surface area contributed by atoms with E-state index in [1.165, 1.54) is 64.2 Å². The molecule has 0 atom stereocenters. The highest BCUT2D eigenvalue weighted by Crippen LogP contribution is 2.18. The molecule has 0 rings (SSSR count). The van der Waals surface area contributed by atoms with Crippen LogP contribution in [0.3, 0.4) is 0 Å². The van der Waals surface area contributed by atoms with E-state index >= 15 is 0 Å². The summed E-state index contributed by atoms with van der Waals surface area (Å²) in [6, 6.07) is 0. The third-order valence-electron chi connectivity index (χ3n) is 4.86. The van der Waals surface area contributed by atoms with Gasteiger partial charge in [-0.25, -0.2) is 0 Å². The molecule has 0 heterocycles. The van der Waals surface area contributed by atoms with Crippen LogP contribution in [0.15, 0.2) is 0 Å². The van der Waals surface area contributed by atoms with Crippen molar-refractivity contribution in [2.75, 3.05) is 13.2 Å². The molecule has 0 unspecified atom stereocenters. The summed E-state index contributed by atoms with van der Waals surface area (Å²) >= 11 is 0. The van der Waals surface area contributed by atoms with Crippen LogP contribution in [0, 0.1) is 5.92 Å². The maximum Gasteiger partial charge on any atom is 0.217 e. The van der Waals surface area contributed by atoms with Gasteiger partial charge in [0.05, 0.1) is 0 Å². The first-order valence-electron chi connectivity index (χ1n) is 10.2. The predicted octanol–water partition coefficient (Wildman–Crippen LogP) is 4.31.